The first-order valence-electron chi connectivity index (χ1n) is 8.06. The molecule has 0 unspecified atom stereocenters. The van der Waals surface area contributed by atoms with E-state index in [2.05, 4.69) is 10.1 Å². The maximum absolute atomic E-state index is 12.9. The van der Waals surface area contributed by atoms with Crippen LogP contribution in [-0.2, 0) is 11.7 Å². The molecule has 0 saturated carbocycles. The molecule has 0 radical (unpaired) electrons. The number of pyridine rings is 1. The number of rotatable bonds is 2. The number of primary amides is 1. The molecule has 0 spiro atoms. The van der Waals surface area contributed by atoms with Crippen LogP contribution in [-0.4, -0.2) is 20.7 Å². The van der Waals surface area contributed by atoms with E-state index in [0.29, 0.717) is 10.9 Å². The molecule has 0 aliphatic rings. The summed E-state index contributed by atoms with van der Waals surface area (Å²) in [5, 5.41) is 4.88. The molecule has 1 aromatic carbocycles. The lowest BCUT2D eigenvalue weighted by Gasteiger charge is -2.20. The van der Waals surface area contributed by atoms with Gasteiger partial charge in [-0.05, 0) is 39.0 Å². The number of carbonyl (C=O) groups excluding carboxylic acids is 1. The molecular weight excluding hydrogens is 359 g/mol. The monoisotopic (exact) mass is 377 g/mol. The molecule has 3 aromatic rings. The molecule has 2 aromatic heterocycles. The number of nitrogens with two attached hydrogens (primary N) is 2. The number of anilines is 1. The third-order valence-electron chi connectivity index (χ3n) is 4.09. The smallest absolute Gasteiger partial charge is 0.383 e. The van der Waals surface area contributed by atoms with E-state index in [9.17, 15) is 18.0 Å². The summed E-state index contributed by atoms with van der Waals surface area (Å²) in [6.07, 6.45) is -3.10. The summed E-state index contributed by atoms with van der Waals surface area (Å²) in [5.41, 5.74) is 11.2. The van der Waals surface area contributed by atoms with E-state index in [1.54, 1.807) is 6.07 Å². The minimum atomic E-state index is -4.45. The van der Waals surface area contributed by atoms with Crippen LogP contribution >= 0.6 is 0 Å². The van der Waals surface area contributed by atoms with Gasteiger partial charge in [-0.2, -0.15) is 18.3 Å². The topological polar surface area (TPSA) is 99.8 Å². The normalized spacial score (nSPS) is 12.5. The van der Waals surface area contributed by atoms with Crippen LogP contribution in [0.2, 0.25) is 0 Å². The molecule has 0 aliphatic heterocycles. The van der Waals surface area contributed by atoms with Crippen molar-refractivity contribution in [1.82, 2.24) is 14.8 Å². The molecular formula is C18H18F3N5O. The quantitative estimate of drug-likeness (QED) is 0.713. The predicted molar refractivity (Wildman–Crippen MR) is 95.9 cm³/mol. The molecule has 0 saturated heterocycles. The van der Waals surface area contributed by atoms with Gasteiger partial charge in [0.05, 0.1) is 16.6 Å². The zero-order valence-corrected chi connectivity index (χ0v) is 14.9. The van der Waals surface area contributed by atoms with Crippen molar-refractivity contribution >= 4 is 22.6 Å². The van der Waals surface area contributed by atoms with Crippen LogP contribution in [0.5, 0.6) is 0 Å². The molecule has 6 nitrogen and oxygen atoms in total. The van der Waals surface area contributed by atoms with Crippen molar-refractivity contribution in [2.45, 2.75) is 32.5 Å². The Kier molecular flexibility index (Phi) is 4.13. The minimum Gasteiger partial charge on any atom is -0.383 e. The lowest BCUT2D eigenvalue weighted by molar-refractivity contribution is -0.137. The number of carbonyl (C=O) groups is 1. The number of hydrogen-bond donors (Lipinski definition) is 2. The standard InChI is InChI=1S/C18H18F3N5O/c1-17(2,3)26-15(22)13(16(23)27)14(25-26)10-6-9-4-5-11(18(19,20)21)7-12(9)24-8-10/h4-8H,22H2,1-3H3,(H2,23,27). The van der Waals surface area contributed by atoms with Gasteiger partial charge in [0.2, 0.25) is 0 Å². The fourth-order valence-corrected chi connectivity index (χ4v) is 2.81. The van der Waals surface area contributed by atoms with E-state index in [0.717, 1.165) is 12.1 Å². The van der Waals surface area contributed by atoms with Crippen molar-refractivity contribution < 1.29 is 18.0 Å². The fourth-order valence-electron chi connectivity index (χ4n) is 2.81. The Morgan fingerprint density at radius 2 is 1.81 bits per heavy atom. The van der Waals surface area contributed by atoms with Crippen LogP contribution < -0.4 is 11.5 Å². The second-order valence-corrected chi connectivity index (χ2v) is 7.18. The first-order valence-corrected chi connectivity index (χ1v) is 8.06. The van der Waals surface area contributed by atoms with E-state index in [1.807, 2.05) is 20.8 Å². The molecule has 4 N–H and O–H groups in total. The SMILES string of the molecule is CC(C)(C)n1nc(-c2cnc3cc(C(F)(F)F)ccc3c2)c(C(N)=O)c1N. The van der Waals surface area contributed by atoms with E-state index in [1.165, 1.54) is 16.9 Å². The maximum Gasteiger partial charge on any atom is 0.416 e. The summed E-state index contributed by atoms with van der Waals surface area (Å²) in [7, 11) is 0. The Labute approximate surface area is 153 Å². The molecule has 2 heterocycles. The summed E-state index contributed by atoms with van der Waals surface area (Å²) in [5.74, 6) is -0.622. The molecule has 0 fully saturated rings. The molecule has 1 amide bonds. The molecule has 0 atom stereocenters. The van der Waals surface area contributed by atoms with Gasteiger partial charge in [-0.1, -0.05) is 6.07 Å². The lowest BCUT2D eigenvalue weighted by atomic mass is 10.0. The van der Waals surface area contributed by atoms with Crippen LogP contribution in [0.25, 0.3) is 22.2 Å². The van der Waals surface area contributed by atoms with Gasteiger partial charge in [0.1, 0.15) is 17.1 Å². The highest BCUT2D eigenvalue weighted by molar-refractivity contribution is 6.03. The maximum atomic E-state index is 12.9. The van der Waals surface area contributed by atoms with Crippen LogP contribution in [0.1, 0.15) is 36.7 Å². The highest BCUT2D eigenvalue weighted by Gasteiger charge is 2.31. The summed E-state index contributed by atoms with van der Waals surface area (Å²) < 4.78 is 40.1. The number of benzene rings is 1. The number of aromatic nitrogens is 3. The molecule has 0 bridgehead atoms. The molecule has 27 heavy (non-hydrogen) atoms. The molecule has 142 valence electrons. The van der Waals surface area contributed by atoms with Crippen molar-refractivity contribution in [3.63, 3.8) is 0 Å². The molecule has 3 rings (SSSR count). The van der Waals surface area contributed by atoms with Crippen molar-refractivity contribution in [2.75, 3.05) is 5.73 Å². The van der Waals surface area contributed by atoms with Gasteiger partial charge >= 0.3 is 6.18 Å². The van der Waals surface area contributed by atoms with Gasteiger partial charge in [-0.3, -0.25) is 9.78 Å². The van der Waals surface area contributed by atoms with Crippen LogP contribution in [0.3, 0.4) is 0 Å². The lowest BCUT2D eigenvalue weighted by Crippen LogP contribution is -2.25. The van der Waals surface area contributed by atoms with Gasteiger partial charge in [0, 0.05) is 17.1 Å². The minimum absolute atomic E-state index is 0.0537. The van der Waals surface area contributed by atoms with Crippen molar-refractivity contribution in [3.05, 3.63) is 41.6 Å². The second-order valence-electron chi connectivity index (χ2n) is 7.18. The van der Waals surface area contributed by atoms with Crippen LogP contribution in [0.15, 0.2) is 30.5 Å². The zero-order chi connectivity index (χ0) is 20.1. The predicted octanol–water partition coefficient (Wildman–Crippen LogP) is 3.55. The van der Waals surface area contributed by atoms with Gasteiger partial charge < -0.3 is 11.5 Å². The van der Waals surface area contributed by atoms with E-state index in [4.69, 9.17) is 11.5 Å². The number of nitrogens with zero attached hydrogens (tertiary/aromatic N) is 3. The van der Waals surface area contributed by atoms with Crippen LogP contribution in [0.4, 0.5) is 19.0 Å². The summed E-state index contributed by atoms with van der Waals surface area (Å²) in [6, 6.07) is 4.87. The fraction of sp³-hybridized carbons (Fsp3) is 0.278. The Bertz CT molecular complexity index is 1050. The zero-order valence-electron chi connectivity index (χ0n) is 14.9. The Morgan fingerprint density at radius 3 is 2.37 bits per heavy atom. The van der Waals surface area contributed by atoms with E-state index >= 15 is 0 Å². The third kappa shape index (κ3) is 3.32. The first kappa shape index (κ1) is 18.7. The van der Waals surface area contributed by atoms with Crippen molar-refractivity contribution in [2.24, 2.45) is 5.73 Å². The first-order chi connectivity index (χ1) is 12.4. The van der Waals surface area contributed by atoms with Gasteiger partial charge in [0.25, 0.3) is 5.91 Å². The van der Waals surface area contributed by atoms with Gasteiger partial charge in [-0.15, -0.1) is 0 Å². The average Bonchev–Trinajstić information content (AvgIpc) is 2.90. The van der Waals surface area contributed by atoms with Crippen LogP contribution in [0, 0.1) is 0 Å². The largest absolute Gasteiger partial charge is 0.416 e. The Morgan fingerprint density at radius 1 is 1.15 bits per heavy atom. The second kappa shape index (κ2) is 5.97. The number of amides is 1. The Balaban J connectivity index is 2.19. The van der Waals surface area contributed by atoms with E-state index < -0.39 is 23.2 Å². The molecule has 0 aliphatic carbocycles. The number of alkyl halides is 3. The summed E-state index contributed by atoms with van der Waals surface area (Å²) >= 11 is 0. The van der Waals surface area contributed by atoms with Gasteiger partial charge in [-0.25, -0.2) is 4.68 Å². The third-order valence-corrected chi connectivity index (χ3v) is 4.09. The summed E-state index contributed by atoms with van der Waals surface area (Å²) in [6.45, 7) is 5.59. The highest BCUT2D eigenvalue weighted by Crippen LogP contribution is 2.34. The van der Waals surface area contributed by atoms with Crippen molar-refractivity contribution in [1.29, 1.82) is 0 Å². The molecule has 9 heteroatoms. The average molecular weight is 377 g/mol. The van der Waals surface area contributed by atoms with E-state index in [-0.39, 0.29) is 22.6 Å². The van der Waals surface area contributed by atoms with Crippen molar-refractivity contribution in [3.8, 4) is 11.3 Å². The number of fused-ring (bicyclic) bond motifs is 1. The number of nitrogen functional groups attached to an aromatic ring is 1. The number of hydrogen-bond acceptors (Lipinski definition) is 4. The highest BCUT2D eigenvalue weighted by atomic mass is 19.4. The Hall–Kier alpha value is -3.10. The number of halogens is 3. The van der Waals surface area contributed by atoms with Gasteiger partial charge in [0.15, 0.2) is 0 Å². The summed E-state index contributed by atoms with van der Waals surface area (Å²) in [4.78, 5) is 16.0.